The maximum atomic E-state index is 11.2. The lowest BCUT2D eigenvalue weighted by Gasteiger charge is -2.28. The lowest BCUT2D eigenvalue weighted by Crippen LogP contribution is -2.30. The molecule has 20 heavy (non-hydrogen) atoms. The molecule has 2 atom stereocenters. The van der Waals surface area contributed by atoms with Crippen LogP contribution in [0.5, 0.6) is 5.75 Å². The van der Waals surface area contributed by atoms with E-state index in [0.717, 1.165) is 25.7 Å². The molecule has 2 rings (SSSR count). The molecule has 1 fully saturated rings. The van der Waals surface area contributed by atoms with Crippen molar-refractivity contribution in [2.75, 3.05) is 19.0 Å². The zero-order valence-electron chi connectivity index (χ0n) is 11.6. The van der Waals surface area contributed by atoms with Crippen LogP contribution in [0.2, 0.25) is 0 Å². The molecule has 0 radical (unpaired) electrons. The summed E-state index contributed by atoms with van der Waals surface area (Å²) in [7, 11) is 1.55. The van der Waals surface area contributed by atoms with Gasteiger partial charge in [-0.25, -0.2) is 4.79 Å². The fourth-order valence-electron chi connectivity index (χ4n) is 2.65. The number of aromatic carboxylic acids is 1. The van der Waals surface area contributed by atoms with Crippen LogP contribution in [0, 0.1) is 5.92 Å². The summed E-state index contributed by atoms with van der Waals surface area (Å²) in [4.78, 5) is 11.2. The second-order valence-electron chi connectivity index (χ2n) is 5.21. The van der Waals surface area contributed by atoms with Crippen molar-refractivity contribution >= 4 is 11.7 Å². The summed E-state index contributed by atoms with van der Waals surface area (Å²) >= 11 is 0. The van der Waals surface area contributed by atoms with Crippen LogP contribution in [0.25, 0.3) is 0 Å². The Kier molecular flexibility index (Phi) is 4.84. The highest BCUT2D eigenvalue weighted by molar-refractivity contribution is 5.94. The standard InChI is InChI=1S/C15H21NO4/c1-20-11-6-7-12(15(18)19)13(8-11)16-9-10-4-2-3-5-14(10)17/h6-8,10,14,16-17H,2-5,9H2,1H3,(H,18,19). The van der Waals surface area contributed by atoms with Gasteiger partial charge in [-0.3, -0.25) is 0 Å². The molecule has 5 heteroatoms. The molecule has 3 N–H and O–H groups in total. The van der Waals surface area contributed by atoms with Gasteiger partial charge < -0.3 is 20.3 Å². The summed E-state index contributed by atoms with van der Waals surface area (Å²) < 4.78 is 5.12. The second kappa shape index (κ2) is 6.61. The van der Waals surface area contributed by atoms with Gasteiger partial charge in [0.2, 0.25) is 0 Å². The molecule has 0 aromatic heterocycles. The lowest BCUT2D eigenvalue weighted by molar-refractivity contribution is 0.0697. The zero-order valence-corrected chi connectivity index (χ0v) is 11.6. The number of carboxylic acids is 1. The van der Waals surface area contributed by atoms with Crippen LogP contribution in [-0.2, 0) is 0 Å². The molecular formula is C15H21NO4. The Morgan fingerprint density at radius 3 is 2.80 bits per heavy atom. The van der Waals surface area contributed by atoms with Crippen molar-refractivity contribution in [2.24, 2.45) is 5.92 Å². The van der Waals surface area contributed by atoms with Gasteiger partial charge in [-0.1, -0.05) is 12.8 Å². The van der Waals surface area contributed by atoms with Gasteiger partial charge in [-0.05, 0) is 25.0 Å². The molecule has 0 bridgehead atoms. The number of carboxylic acid groups (broad SMARTS) is 1. The number of aliphatic hydroxyl groups excluding tert-OH is 1. The Labute approximate surface area is 118 Å². The van der Waals surface area contributed by atoms with Gasteiger partial charge in [0.05, 0.1) is 24.5 Å². The Morgan fingerprint density at radius 2 is 2.15 bits per heavy atom. The quantitative estimate of drug-likeness (QED) is 0.771. The first-order valence-electron chi connectivity index (χ1n) is 6.95. The van der Waals surface area contributed by atoms with E-state index in [-0.39, 0.29) is 17.6 Å². The monoisotopic (exact) mass is 279 g/mol. The Bertz CT molecular complexity index is 475. The molecule has 1 aliphatic rings. The largest absolute Gasteiger partial charge is 0.497 e. The van der Waals surface area contributed by atoms with Crippen molar-refractivity contribution in [2.45, 2.75) is 31.8 Å². The molecule has 0 amide bonds. The number of hydrogen-bond donors (Lipinski definition) is 3. The highest BCUT2D eigenvalue weighted by Gasteiger charge is 2.23. The van der Waals surface area contributed by atoms with Crippen LogP contribution < -0.4 is 10.1 Å². The minimum absolute atomic E-state index is 0.177. The summed E-state index contributed by atoms with van der Waals surface area (Å²) in [5.74, 6) is -0.183. The van der Waals surface area contributed by atoms with Crippen molar-refractivity contribution < 1.29 is 19.7 Å². The third-order valence-electron chi connectivity index (χ3n) is 3.88. The number of rotatable bonds is 5. The summed E-state index contributed by atoms with van der Waals surface area (Å²) in [5.41, 5.74) is 0.755. The predicted molar refractivity (Wildman–Crippen MR) is 76.4 cm³/mol. The molecule has 1 aliphatic carbocycles. The van der Waals surface area contributed by atoms with Crippen molar-refractivity contribution in [1.82, 2.24) is 0 Å². The Balaban J connectivity index is 2.08. The van der Waals surface area contributed by atoms with Gasteiger partial charge in [-0.15, -0.1) is 0 Å². The molecule has 1 saturated carbocycles. The van der Waals surface area contributed by atoms with E-state index in [9.17, 15) is 15.0 Å². The smallest absolute Gasteiger partial charge is 0.337 e. The minimum Gasteiger partial charge on any atom is -0.497 e. The number of carbonyl (C=O) groups is 1. The molecule has 110 valence electrons. The maximum absolute atomic E-state index is 11.2. The summed E-state index contributed by atoms with van der Waals surface area (Å²) in [6.45, 7) is 0.578. The van der Waals surface area contributed by atoms with Gasteiger partial charge in [-0.2, -0.15) is 0 Å². The molecular weight excluding hydrogens is 258 g/mol. The van der Waals surface area contributed by atoms with E-state index in [1.54, 1.807) is 19.2 Å². The van der Waals surface area contributed by atoms with Gasteiger partial charge in [0.1, 0.15) is 5.75 Å². The van der Waals surface area contributed by atoms with E-state index < -0.39 is 5.97 Å². The van der Waals surface area contributed by atoms with E-state index in [4.69, 9.17) is 4.74 Å². The van der Waals surface area contributed by atoms with Crippen LogP contribution in [0.1, 0.15) is 36.0 Å². The Morgan fingerprint density at radius 1 is 1.40 bits per heavy atom. The number of aliphatic hydroxyl groups is 1. The topological polar surface area (TPSA) is 78.8 Å². The van der Waals surface area contributed by atoms with Crippen molar-refractivity contribution in [3.63, 3.8) is 0 Å². The number of hydrogen-bond acceptors (Lipinski definition) is 4. The van der Waals surface area contributed by atoms with Crippen LogP contribution in [0.15, 0.2) is 18.2 Å². The third kappa shape index (κ3) is 3.42. The van der Waals surface area contributed by atoms with Crippen molar-refractivity contribution in [1.29, 1.82) is 0 Å². The number of methoxy groups -OCH3 is 1. The highest BCUT2D eigenvalue weighted by Crippen LogP contribution is 2.27. The normalized spacial score (nSPS) is 22.3. The first kappa shape index (κ1) is 14.7. The van der Waals surface area contributed by atoms with Crippen LogP contribution >= 0.6 is 0 Å². The zero-order chi connectivity index (χ0) is 14.5. The first-order chi connectivity index (χ1) is 9.61. The lowest BCUT2D eigenvalue weighted by atomic mass is 9.86. The van der Waals surface area contributed by atoms with E-state index in [1.807, 2.05) is 0 Å². The number of anilines is 1. The van der Waals surface area contributed by atoms with Crippen LogP contribution in [-0.4, -0.2) is 35.9 Å². The molecule has 0 aliphatic heterocycles. The minimum atomic E-state index is -0.973. The fourth-order valence-corrected chi connectivity index (χ4v) is 2.65. The molecule has 1 aromatic rings. The van der Waals surface area contributed by atoms with E-state index in [2.05, 4.69) is 5.32 Å². The number of nitrogens with one attached hydrogen (secondary N) is 1. The van der Waals surface area contributed by atoms with Gasteiger partial charge in [0.25, 0.3) is 0 Å². The second-order valence-corrected chi connectivity index (χ2v) is 5.21. The molecule has 0 heterocycles. The van der Waals surface area contributed by atoms with E-state index >= 15 is 0 Å². The van der Waals surface area contributed by atoms with E-state index in [1.165, 1.54) is 6.07 Å². The highest BCUT2D eigenvalue weighted by atomic mass is 16.5. The van der Waals surface area contributed by atoms with E-state index in [0.29, 0.717) is 18.0 Å². The number of benzene rings is 1. The average Bonchev–Trinajstić information content (AvgIpc) is 2.46. The van der Waals surface area contributed by atoms with Crippen LogP contribution in [0.4, 0.5) is 5.69 Å². The van der Waals surface area contributed by atoms with Crippen molar-refractivity contribution in [3.8, 4) is 5.75 Å². The molecule has 0 saturated heterocycles. The Hall–Kier alpha value is -1.75. The van der Waals surface area contributed by atoms with Crippen molar-refractivity contribution in [3.05, 3.63) is 23.8 Å². The molecule has 2 unspecified atom stereocenters. The SMILES string of the molecule is COc1ccc(C(=O)O)c(NCC2CCCCC2O)c1. The average molecular weight is 279 g/mol. The van der Waals surface area contributed by atoms with Gasteiger partial charge in [0, 0.05) is 18.5 Å². The summed E-state index contributed by atoms with van der Waals surface area (Å²) in [5, 5.41) is 22.3. The third-order valence-corrected chi connectivity index (χ3v) is 3.88. The van der Waals surface area contributed by atoms with Gasteiger partial charge in [0.15, 0.2) is 0 Å². The van der Waals surface area contributed by atoms with Crippen LogP contribution in [0.3, 0.4) is 0 Å². The maximum Gasteiger partial charge on any atom is 0.337 e. The number of ether oxygens (including phenoxy) is 1. The first-order valence-corrected chi connectivity index (χ1v) is 6.95. The summed E-state index contributed by atoms with van der Waals surface area (Å²) in [6.07, 6.45) is 3.69. The molecule has 5 nitrogen and oxygen atoms in total. The van der Waals surface area contributed by atoms with Gasteiger partial charge >= 0.3 is 5.97 Å². The predicted octanol–water partition coefficient (Wildman–Crippen LogP) is 2.36. The summed E-state index contributed by atoms with van der Waals surface area (Å²) in [6, 6.07) is 4.84. The molecule has 0 spiro atoms. The fraction of sp³-hybridized carbons (Fsp3) is 0.533. The molecule has 1 aromatic carbocycles.